The minimum Gasteiger partial charge on any atom is -0.293 e. The molecule has 1 aliphatic heterocycles. The summed E-state index contributed by atoms with van der Waals surface area (Å²) in [5.41, 5.74) is -0.0893. The highest BCUT2D eigenvalue weighted by molar-refractivity contribution is 6.20. The molecule has 0 radical (unpaired) electrons. The molecule has 3 heteroatoms. The van der Waals surface area contributed by atoms with E-state index < -0.39 is 0 Å². The first-order valence-electron chi connectivity index (χ1n) is 4.55. The highest BCUT2D eigenvalue weighted by Crippen LogP contribution is 2.19. The molecular formula is C9H18ClNO. The van der Waals surface area contributed by atoms with E-state index in [0.29, 0.717) is 0 Å². The summed E-state index contributed by atoms with van der Waals surface area (Å²) in [5, 5.41) is 2.25. The fourth-order valence-corrected chi connectivity index (χ4v) is 1.67. The summed E-state index contributed by atoms with van der Waals surface area (Å²) in [6.07, 6.45) is 2.26. The van der Waals surface area contributed by atoms with Crippen molar-refractivity contribution >= 4 is 11.6 Å². The van der Waals surface area contributed by atoms with Crippen LogP contribution < -0.4 is 0 Å². The van der Waals surface area contributed by atoms with Crippen LogP contribution in [0.1, 0.15) is 33.6 Å². The maximum atomic E-state index is 6.02. The SMILES string of the molecule is CC(C)(C)ON1CCCC(Cl)C1. The Bertz CT molecular complexity index is 144. The van der Waals surface area contributed by atoms with Gasteiger partial charge in [-0.2, -0.15) is 5.06 Å². The molecule has 2 nitrogen and oxygen atoms in total. The molecule has 0 aromatic rings. The number of piperidine rings is 1. The summed E-state index contributed by atoms with van der Waals surface area (Å²) >= 11 is 6.02. The fraction of sp³-hybridized carbons (Fsp3) is 1.00. The standard InChI is InChI=1S/C9H18ClNO/c1-9(2,3)12-11-6-4-5-8(10)7-11/h8H,4-7H2,1-3H3. The molecule has 1 heterocycles. The van der Waals surface area contributed by atoms with Crippen molar-refractivity contribution in [3.05, 3.63) is 0 Å². The number of nitrogens with zero attached hydrogens (tertiary/aromatic N) is 1. The van der Waals surface area contributed by atoms with Crippen LogP contribution >= 0.6 is 11.6 Å². The zero-order valence-corrected chi connectivity index (χ0v) is 8.90. The summed E-state index contributed by atoms with van der Waals surface area (Å²) in [4.78, 5) is 5.70. The van der Waals surface area contributed by atoms with Gasteiger partial charge in [0.15, 0.2) is 0 Å². The lowest BCUT2D eigenvalue weighted by molar-refractivity contribution is -0.234. The average Bonchev–Trinajstić information content (AvgIpc) is 1.82. The molecule has 0 bridgehead atoms. The zero-order valence-electron chi connectivity index (χ0n) is 8.14. The van der Waals surface area contributed by atoms with Gasteiger partial charge >= 0.3 is 0 Å². The third-order valence-corrected chi connectivity index (χ3v) is 2.09. The monoisotopic (exact) mass is 191 g/mol. The summed E-state index contributed by atoms with van der Waals surface area (Å²) < 4.78 is 0. The van der Waals surface area contributed by atoms with E-state index in [9.17, 15) is 0 Å². The predicted octanol–water partition coefficient (Wildman–Crippen LogP) is 2.42. The van der Waals surface area contributed by atoms with Crippen molar-refractivity contribution in [1.29, 1.82) is 0 Å². The van der Waals surface area contributed by atoms with Crippen molar-refractivity contribution in [1.82, 2.24) is 5.06 Å². The van der Waals surface area contributed by atoms with Crippen molar-refractivity contribution < 1.29 is 4.84 Å². The molecule has 1 fully saturated rings. The number of halogens is 1. The number of hydrogen-bond donors (Lipinski definition) is 0. The molecule has 0 N–H and O–H groups in total. The van der Waals surface area contributed by atoms with Gasteiger partial charge < -0.3 is 0 Å². The molecule has 72 valence electrons. The van der Waals surface area contributed by atoms with Gasteiger partial charge in [-0.15, -0.1) is 11.6 Å². The summed E-state index contributed by atoms with van der Waals surface area (Å²) in [7, 11) is 0. The van der Waals surface area contributed by atoms with E-state index in [-0.39, 0.29) is 11.0 Å². The molecule has 0 amide bonds. The van der Waals surface area contributed by atoms with E-state index >= 15 is 0 Å². The first-order chi connectivity index (χ1) is 5.47. The number of alkyl halides is 1. The van der Waals surface area contributed by atoms with Crippen LogP contribution in [0, 0.1) is 0 Å². The Morgan fingerprint density at radius 2 is 2.08 bits per heavy atom. The Hall–Kier alpha value is 0.210. The fourth-order valence-electron chi connectivity index (χ4n) is 1.36. The maximum Gasteiger partial charge on any atom is 0.0815 e. The predicted molar refractivity (Wildman–Crippen MR) is 51.3 cm³/mol. The summed E-state index contributed by atoms with van der Waals surface area (Å²) in [6, 6.07) is 0. The van der Waals surface area contributed by atoms with E-state index in [1.807, 2.05) is 5.06 Å². The Kier molecular flexibility index (Phi) is 3.38. The van der Waals surface area contributed by atoms with Crippen molar-refractivity contribution in [2.24, 2.45) is 0 Å². The van der Waals surface area contributed by atoms with Gasteiger partial charge in [0.2, 0.25) is 0 Å². The van der Waals surface area contributed by atoms with Crippen molar-refractivity contribution in [2.75, 3.05) is 13.1 Å². The third kappa shape index (κ3) is 3.74. The molecular weight excluding hydrogens is 174 g/mol. The van der Waals surface area contributed by atoms with Gasteiger partial charge in [0, 0.05) is 18.5 Å². The molecule has 1 unspecified atom stereocenters. The van der Waals surface area contributed by atoms with Crippen molar-refractivity contribution in [2.45, 2.75) is 44.6 Å². The van der Waals surface area contributed by atoms with Gasteiger partial charge in [0.05, 0.1) is 5.60 Å². The Morgan fingerprint density at radius 1 is 1.42 bits per heavy atom. The molecule has 1 rings (SSSR count). The van der Waals surface area contributed by atoms with Crippen LogP contribution in [0.5, 0.6) is 0 Å². The minimum atomic E-state index is -0.0893. The van der Waals surface area contributed by atoms with Gasteiger partial charge in [-0.25, -0.2) is 0 Å². The average molecular weight is 192 g/mol. The molecule has 0 spiro atoms. The van der Waals surface area contributed by atoms with E-state index in [2.05, 4.69) is 20.8 Å². The number of rotatable bonds is 1. The maximum absolute atomic E-state index is 6.02. The Balaban J connectivity index is 2.32. The second-order valence-electron chi connectivity index (χ2n) is 4.33. The molecule has 1 atom stereocenters. The third-order valence-electron chi connectivity index (χ3n) is 1.73. The van der Waals surface area contributed by atoms with E-state index in [1.165, 1.54) is 0 Å². The molecule has 1 saturated heterocycles. The van der Waals surface area contributed by atoms with Crippen LogP contribution in [0.2, 0.25) is 0 Å². The van der Waals surface area contributed by atoms with Gasteiger partial charge in [-0.3, -0.25) is 4.84 Å². The van der Waals surface area contributed by atoms with E-state index in [0.717, 1.165) is 25.9 Å². The molecule has 0 aromatic heterocycles. The van der Waals surface area contributed by atoms with Gasteiger partial charge in [-0.05, 0) is 33.6 Å². The lowest BCUT2D eigenvalue weighted by Crippen LogP contribution is -2.41. The van der Waals surface area contributed by atoms with Crippen LogP contribution in [0.15, 0.2) is 0 Å². The molecule has 12 heavy (non-hydrogen) atoms. The number of hydroxylamine groups is 2. The molecule has 1 aliphatic rings. The quantitative estimate of drug-likeness (QED) is 0.591. The largest absolute Gasteiger partial charge is 0.293 e. The normalized spacial score (nSPS) is 27.5. The van der Waals surface area contributed by atoms with Crippen LogP contribution in [-0.4, -0.2) is 29.1 Å². The Labute approximate surface area is 79.8 Å². The Morgan fingerprint density at radius 3 is 2.58 bits per heavy atom. The highest BCUT2D eigenvalue weighted by Gasteiger charge is 2.22. The lowest BCUT2D eigenvalue weighted by atomic mass is 10.1. The smallest absolute Gasteiger partial charge is 0.0815 e. The van der Waals surface area contributed by atoms with Crippen LogP contribution in [0.4, 0.5) is 0 Å². The highest BCUT2D eigenvalue weighted by atomic mass is 35.5. The topological polar surface area (TPSA) is 12.5 Å². The second-order valence-corrected chi connectivity index (χ2v) is 4.95. The van der Waals surface area contributed by atoms with Crippen LogP contribution in [0.25, 0.3) is 0 Å². The zero-order chi connectivity index (χ0) is 9.19. The second kappa shape index (κ2) is 3.95. The van der Waals surface area contributed by atoms with Gasteiger partial charge in [-0.1, -0.05) is 0 Å². The first-order valence-corrected chi connectivity index (χ1v) is 4.99. The van der Waals surface area contributed by atoms with Crippen LogP contribution in [0.3, 0.4) is 0 Å². The number of hydrogen-bond acceptors (Lipinski definition) is 2. The molecule has 0 aromatic carbocycles. The summed E-state index contributed by atoms with van der Waals surface area (Å²) in [6.45, 7) is 8.06. The first kappa shape index (κ1) is 10.3. The van der Waals surface area contributed by atoms with Gasteiger partial charge in [0.25, 0.3) is 0 Å². The van der Waals surface area contributed by atoms with Crippen molar-refractivity contribution in [3.8, 4) is 0 Å². The summed E-state index contributed by atoms with van der Waals surface area (Å²) in [5.74, 6) is 0. The molecule has 0 aliphatic carbocycles. The van der Waals surface area contributed by atoms with E-state index in [1.54, 1.807) is 0 Å². The van der Waals surface area contributed by atoms with E-state index in [4.69, 9.17) is 16.4 Å². The molecule has 0 saturated carbocycles. The lowest BCUT2D eigenvalue weighted by Gasteiger charge is -2.34. The van der Waals surface area contributed by atoms with Gasteiger partial charge in [0.1, 0.15) is 0 Å². The van der Waals surface area contributed by atoms with Crippen LogP contribution in [-0.2, 0) is 4.84 Å². The van der Waals surface area contributed by atoms with Crippen molar-refractivity contribution in [3.63, 3.8) is 0 Å². The minimum absolute atomic E-state index is 0.0893.